The Morgan fingerprint density at radius 3 is 2.90 bits per heavy atom. The van der Waals surface area contributed by atoms with Crippen LogP contribution in [0.25, 0.3) is 6.08 Å². The molecule has 0 unspecified atom stereocenters. The number of benzene rings is 1. The van der Waals surface area contributed by atoms with Gasteiger partial charge in [0, 0.05) is 12.6 Å². The summed E-state index contributed by atoms with van der Waals surface area (Å²) in [5.41, 5.74) is 0.812. The molecule has 0 fully saturated rings. The third kappa shape index (κ3) is 5.16. The van der Waals surface area contributed by atoms with Gasteiger partial charge in [0.1, 0.15) is 6.61 Å². The molecule has 0 saturated heterocycles. The van der Waals surface area contributed by atoms with Crippen molar-refractivity contribution in [3.05, 3.63) is 42.5 Å². The first kappa shape index (κ1) is 15.8. The quantitative estimate of drug-likeness (QED) is 0.556. The van der Waals surface area contributed by atoms with E-state index < -0.39 is 0 Å². The predicted molar refractivity (Wildman–Crippen MR) is 77.8 cm³/mol. The van der Waals surface area contributed by atoms with E-state index in [9.17, 15) is 4.79 Å². The van der Waals surface area contributed by atoms with Crippen molar-refractivity contribution >= 4 is 12.0 Å². The number of methoxy groups -OCH3 is 1. The Morgan fingerprint density at radius 2 is 2.25 bits per heavy atom. The van der Waals surface area contributed by atoms with E-state index in [4.69, 9.17) is 14.6 Å². The van der Waals surface area contributed by atoms with Gasteiger partial charge < -0.3 is 19.9 Å². The Morgan fingerprint density at radius 1 is 1.45 bits per heavy atom. The van der Waals surface area contributed by atoms with E-state index >= 15 is 0 Å². The Kier molecular flexibility index (Phi) is 6.92. The highest BCUT2D eigenvalue weighted by Gasteiger charge is 2.04. The van der Waals surface area contributed by atoms with Crippen LogP contribution in [0.2, 0.25) is 0 Å². The zero-order valence-corrected chi connectivity index (χ0v) is 11.5. The van der Waals surface area contributed by atoms with Crippen LogP contribution in [0.4, 0.5) is 0 Å². The van der Waals surface area contributed by atoms with E-state index in [0.29, 0.717) is 18.1 Å². The lowest BCUT2D eigenvalue weighted by atomic mass is 10.2. The summed E-state index contributed by atoms with van der Waals surface area (Å²) in [6.07, 6.45) is 4.71. The Balaban J connectivity index is 2.74. The molecule has 0 aliphatic heterocycles. The van der Waals surface area contributed by atoms with Gasteiger partial charge in [-0.1, -0.05) is 18.7 Å². The van der Waals surface area contributed by atoms with Crippen LogP contribution in [0.5, 0.6) is 11.5 Å². The Hall–Kier alpha value is -2.27. The minimum atomic E-state index is -0.259. The fourth-order valence-electron chi connectivity index (χ4n) is 1.47. The summed E-state index contributed by atoms with van der Waals surface area (Å²) in [7, 11) is 1.55. The van der Waals surface area contributed by atoms with Crippen LogP contribution >= 0.6 is 0 Å². The molecular weight excluding hydrogens is 258 g/mol. The highest BCUT2D eigenvalue weighted by atomic mass is 16.5. The van der Waals surface area contributed by atoms with Gasteiger partial charge in [0.15, 0.2) is 11.5 Å². The van der Waals surface area contributed by atoms with Crippen molar-refractivity contribution in [3.63, 3.8) is 0 Å². The lowest BCUT2D eigenvalue weighted by Crippen LogP contribution is -2.24. The molecule has 0 atom stereocenters. The molecule has 0 aliphatic carbocycles. The Bertz CT molecular complexity index is 483. The number of hydrogen-bond acceptors (Lipinski definition) is 4. The number of carbonyl (C=O) groups is 1. The van der Waals surface area contributed by atoms with Gasteiger partial charge in [-0.3, -0.25) is 4.79 Å². The lowest BCUT2D eigenvalue weighted by molar-refractivity contribution is -0.116. The molecule has 0 aliphatic rings. The van der Waals surface area contributed by atoms with E-state index in [-0.39, 0.29) is 19.1 Å². The van der Waals surface area contributed by atoms with Gasteiger partial charge in [-0.05, 0) is 23.8 Å². The SMILES string of the molecule is C=CCOc1ccc(/C=C/C(=O)NCCO)cc1OC. The van der Waals surface area contributed by atoms with Crippen molar-refractivity contribution in [3.8, 4) is 11.5 Å². The molecule has 108 valence electrons. The average Bonchev–Trinajstić information content (AvgIpc) is 2.49. The van der Waals surface area contributed by atoms with Gasteiger partial charge in [-0.15, -0.1) is 0 Å². The first-order chi connectivity index (χ1) is 9.71. The summed E-state index contributed by atoms with van der Waals surface area (Å²) in [6.45, 7) is 4.14. The van der Waals surface area contributed by atoms with Gasteiger partial charge in [0.25, 0.3) is 0 Å². The second kappa shape index (κ2) is 8.77. The van der Waals surface area contributed by atoms with Crippen molar-refractivity contribution < 1.29 is 19.4 Å². The number of ether oxygens (including phenoxy) is 2. The second-order valence-electron chi connectivity index (χ2n) is 3.86. The average molecular weight is 277 g/mol. The smallest absolute Gasteiger partial charge is 0.244 e. The molecule has 20 heavy (non-hydrogen) atoms. The molecule has 0 spiro atoms. The summed E-state index contributed by atoms with van der Waals surface area (Å²) in [4.78, 5) is 11.4. The number of rotatable bonds is 8. The first-order valence-corrected chi connectivity index (χ1v) is 6.19. The van der Waals surface area contributed by atoms with E-state index in [1.54, 1.807) is 31.4 Å². The standard InChI is InChI=1S/C15H19NO4/c1-3-10-20-13-6-4-12(11-14(13)19-2)5-7-15(18)16-8-9-17/h3-7,11,17H,1,8-10H2,2H3,(H,16,18)/b7-5+. The zero-order valence-electron chi connectivity index (χ0n) is 11.5. The molecule has 0 heterocycles. The molecule has 5 nitrogen and oxygen atoms in total. The van der Waals surface area contributed by atoms with E-state index in [0.717, 1.165) is 5.56 Å². The van der Waals surface area contributed by atoms with Crippen LogP contribution < -0.4 is 14.8 Å². The third-order valence-corrected chi connectivity index (χ3v) is 2.38. The van der Waals surface area contributed by atoms with Gasteiger partial charge in [0.05, 0.1) is 13.7 Å². The molecule has 5 heteroatoms. The van der Waals surface area contributed by atoms with Crippen LogP contribution in [0, 0.1) is 0 Å². The van der Waals surface area contributed by atoms with E-state index in [1.807, 2.05) is 6.07 Å². The second-order valence-corrected chi connectivity index (χ2v) is 3.86. The molecule has 0 saturated carbocycles. The number of aliphatic hydroxyl groups excluding tert-OH is 1. The number of aliphatic hydroxyl groups is 1. The Labute approximate surface area is 118 Å². The maximum atomic E-state index is 11.4. The van der Waals surface area contributed by atoms with E-state index in [2.05, 4.69) is 11.9 Å². The number of hydrogen-bond donors (Lipinski definition) is 2. The first-order valence-electron chi connectivity index (χ1n) is 6.19. The van der Waals surface area contributed by atoms with Gasteiger partial charge in [0.2, 0.25) is 5.91 Å². The van der Waals surface area contributed by atoms with Crippen molar-refractivity contribution in [1.29, 1.82) is 0 Å². The number of nitrogens with one attached hydrogen (secondary N) is 1. The van der Waals surface area contributed by atoms with Crippen molar-refractivity contribution in [2.75, 3.05) is 26.9 Å². The normalized spacial score (nSPS) is 10.3. The lowest BCUT2D eigenvalue weighted by Gasteiger charge is -2.09. The van der Waals surface area contributed by atoms with Gasteiger partial charge >= 0.3 is 0 Å². The topological polar surface area (TPSA) is 67.8 Å². The fourth-order valence-corrected chi connectivity index (χ4v) is 1.47. The highest BCUT2D eigenvalue weighted by molar-refractivity contribution is 5.91. The monoisotopic (exact) mass is 277 g/mol. The summed E-state index contributed by atoms with van der Waals surface area (Å²) >= 11 is 0. The molecule has 0 aromatic heterocycles. The summed E-state index contributed by atoms with van der Waals surface area (Å²) in [5, 5.41) is 11.1. The molecule has 1 aromatic carbocycles. The summed E-state index contributed by atoms with van der Waals surface area (Å²) < 4.78 is 10.7. The highest BCUT2D eigenvalue weighted by Crippen LogP contribution is 2.28. The van der Waals surface area contributed by atoms with Crippen LogP contribution in [-0.4, -0.2) is 37.9 Å². The molecular formula is C15H19NO4. The maximum Gasteiger partial charge on any atom is 0.244 e. The van der Waals surface area contributed by atoms with Crippen molar-refractivity contribution in [1.82, 2.24) is 5.32 Å². The summed E-state index contributed by atoms with van der Waals surface area (Å²) in [5.74, 6) is 0.948. The van der Waals surface area contributed by atoms with Crippen LogP contribution in [0.1, 0.15) is 5.56 Å². The molecule has 0 radical (unpaired) electrons. The van der Waals surface area contributed by atoms with Gasteiger partial charge in [-0.2, -0.15) is 0 Å². The molecule has 0 bridgehead atoms. The number of amides is 1. The molecule has 2 N–H and O–H groups in total. The maximum absolute atomic E-state index is 11.4. The van der Waals surface area contributed by atoms with Gasteiger partial charge in [-0.25, -0.2) is 0 Å². The van der Waals surface area contributed by atoms with E-state index in [1.165, 1.54) is 6.08 Å². The summed E-state index contributed by atoms with van der Waals surface area (Å²) in [6, 6.07) is 5.36. The predicted octanol–water partition coefficient (Wildman–Crippen LogP) is 1.38. The molecule has 1 aromatic rings. The van der Waals surface area contributed by atoms with Crippen molar-refractivity contribution in [2.45, 2.75) is 0 Å². The zero-order chi connectivity index (χ0) is 14.8. The molecule has 1 amide bonds. The fraction of sp³-hybridized carbons (Fsp3) is 0.267. The minimum Gasteiger partial charge on any atom is -0.493 e. The third-order valence-electron chi connectivity index (χ3n) is 2.38. The van der Waals surface area contributed by atoms with Crippen LogP contribution in [-0.2, 0) is 4.79 Å². The largest absolute Gasteiger partial charge is 0.493 e. The van der Waals surface area contributed by atoms with Crippen molar-refractivity contribution in [2.24, 2.45) is 0 Å². The van der Waals surface area contributed by atoms with Crippen LogP contribution in [0.15, 0.2) is 36.9 Å². The minimum absolute atomic E-state index is 0.0806. The molecule has 1 rings (SSSR count). The van der Waals surface area contributed by atoms with Crippen LogP contribution in [0.3, 0.4) is 0 Å². The number of carbonyl (C=O) groups excluding carboxylic acids is 1.